The van der Waals surface area contributed by atoms with E-state index < -0.39 is 5.97 Å². The first-order valence-electron chi connectivity index (χ1n) is 5.56. The fourth-order valence-electron chi connectivity index (χ4n) is 1.49. The summed E-state index contributed by atoms with van der Waals surface area (Å²) in [6, 6.07) is 4.82. The van der Waals surface area contributed by atoms with E-state index in [0.717, 1.165) is 5.82 Å². The lowest BCUT2D eigenvalue weighted by Crippen LogP contribution is -2.10. The summed E-state index contributed by atoms with van der Waals surface area (Å²) in [6.45, 7) is 1.84. The lowest BCUT2D eigenvalue weighted by molar-refractivity contribution is 0.0459. The van der Waals surface area contributed by atoms with Crippen LogP contribution < -0.4 is 5.73 Å². The van der Waals surface area contributed by atoms with Crippen molar-refractivity contribution >= 4 is 23.3 Å². The first-order chi connectivity index (χ1) is 9.00. The molecule has 0 saturated carbocycles. The van der Waals surface area contributed by atoms with Gasteiger partial charge in [-0.3, -0.25) is 0 Å². The van der Waals surface area contributed by atoms with Gasteiger partial charge in [0, 0.05) is 7.05 Å². The van der Waals surface area contributed by atoms with Crippen LogP contribution in [0.25, 0.3) is 0 Å². The minimum absolute atomic E-state index is 0.0291. The predicted molar refractivity (Wildman–Crippen MR) is 70.7 cm³/mol. The van der Waals surface area contributed by atoms with Gasteiger partial charge in [-0.2, -0.15) is 0 Å². The number of nitrogens with two attached hydrogens (primary N) is 1. The van der Waals surface area contributed by atoms with Crippen molar-refractivity contribution in [1.29, 1.82) is 0 Å². The third-order valence-electron chi connectivity index (χ3n) is 2.76. The Hall–Kier alpha value is -2.08. The van der Waals surface area contributed by atoms with Crippen LogP contribution in [-0.2, 0) is 18.4 Å². The molecule has 0 amide bonds. The second-order valence-corrected chi connectivity index (χ2v) is 4.39. The molecule has 0 radical (unpaired) electrons. The summed E-state index contributed by atoms with van der Waals surface area (Å²) in [4.78, 5) is 11.9. The normalized spacial score (nSPS) is 10.5. The molecule has 0 spiro atoms. The first-order valence-corrected chi connectivity index (χ1v) is 5.94. The number of carbonyl (C=O) groups is 1. The summed E-state index contributed by atoms with van der Waals surface area (Å²) in [6.07, 6.45) is 0. The van der Waals surface area contributed by atoms with Crippen molar-refractivity contribution in [2.75, 3.05) is 5.73 Å². The SMILES string of the molecule is Cc1nnc(COC(=O)c2cccc(N)c2Cl)n1C. The number of halogens is 1. The standard InChI is InChI=1S/C12H13ClN4O2/c1-7-15-16-10(17(7)2)6-19-12(18)8-4-3-5-9(14)11(8)13/h3-5H,6,14H2,1-2H3. The second-order valence-electron chi connectivity index (χ2n) is 4.01. The highest BCUT2D eigenvalue weighted by molar-refractivity contribution is 6.36. The molecule has 0 saturated heterocycles. The molecular weight excluding hydrogens is 268 g/mol. The third kappa shape index (κ3) is 2.68. The van der Waals surface area contributed by atoms with Gasteiger partial charge in [0.25, 0.3) is 0 Å². The van der Waals surface area contributed by atoms with Crippen LogP contribution in [0.3, 0.4) is 0 Å². The lowest BCUT2D eigenvalue weighted by atomic mass is 10.2. The Morgan fingerprint density at radius 2 is 2.21 bits per heavy atom. The van der Waals surface area contributed by atoms with E-state index in [4.69, 9.17) is 22.1 Å². The molecule has 0 aliphatic heterocycles. The molecule has 0 aliphatic carbocycles. The van der Waals surface area contributed by atoms with Crippen LogP contribution in [0.2, 0.25) is 5.02 Å². The van der Waals surface area contributed by atoms with Crippen molar-refractivity contribution in [3.8, 4) is 0 Å². The van der Waals surface area contributed by atoms with Crippen molar-refractivity contribution in [2.45, 2.75) is 13.5 Å². The van der Waals surface area contributed by atoms with Crippen LogP contribution in [0.4, 0.5) is 5.69 Å². The van der Waals surface area contributed by atoms with Crippen molar-refractivity contribution < 1.29 is 9.53 Å². The molecule has 0 fully saturated rings. The molecule has 0 unspecified atom stereocenters. The van der Waals surface area contributed by atoms with Gasteiger partial charge in [-0.1, -0.05) is 17.7 Å². The molecule has 0 atom stereocenters. The number of aryl methyl sites for hydroxylation is 1. The van der Waals surface area contributed by atoms with Gasteiger partial charge >= 0.3 is 5.97 Å². The molecule has 1 aromatic heterocycles. The van der Waals surface area contributed by atoms with Gasteiger partial charge in [-0.25, -0.2) is 4.79 Å². The average molecular weight is 281 g/mol. The van der Waals surface area contributed by atoms with Crippen LogP contribution in [0.5, 0.6) is 0 Å². The molecule has 1 aromatic carbocycles. The monoisotopic (exact) mass is 280 g/mol. The first kappa shape index (κ1) is 13.4. The summed E-state index contributed by atoms with van der Waals surface area (Å²) in [5.74, 6) is 0.761. The Kier molecular flexibility index (Phi) is 3.71. The number of esters is 1. The molecule has 7 heteroatoms. The van der Waals surface area contributed by atoms with E-state index in [2.05, 4.69) is 10.2 Å². The number of benzene rings is 1. The lowest BCUT2D eigenvalue weighted by Gasteiger charge is -2.07. The highest BCUT2D eigenvalue weighted by Crippen LogP contribution is 2.23. The maximum absolute atomic E-state index is 11.9. The number of carbonyl (C=O) groups excluding carboxylic acids is 1. The van der Waals surface area contributed by atoms with Crippen LogP contribution >= 0.6 is 11.6 Å². The third-order valence-corrected chi connectivity index (χ3v) is 3.19. The zero-order valence-corrected chi connectivity index (χ0v) is 11.3. The Morgan fingerprint density at radius 3 is 2.84 bits per heavy atom. The minimum atomic E-state index is -0.544. The molecule has 2 aromatic rings. The van der Waals surface area contributed by atoms with Crippen molar-refractivity contribution in [3.05, 3.63) is 40.4 Å². The van der Waals surface area contributed by atoms with Gasteiger partial charge in [0.2, 0.25) is 0 Å². The van der Waals surface area contributed by atoms with Gasteiger partial charge in [0.05, 0.1) is 16.3 Å². The van der Waals surface area contributed by atoms with Gasteiger partial charge in [0.15, 0.2) is 12.4 Å². The minimum Gasteiger partial charge on any atom is -0.454 e. The molecule has 100 valence electrons. The molecule has 0 aliphatic rings. The summed E-state index contributed by atoms with van der Waals surface area (Å²) < 4.78 is 6.89. The van der Waals surface area contributed by atoms with Crippen LogP contribution in [0.1, 0.15) is 22.0 Å². The zero-order chi connectivity index (χ0) is 14.0. The summed E-state index contributed by atoms with van der Waals surface area (Å²) in [5, 5.41) is 7.97. The largest absolute Gasteiger partial charge is 0.454 e. The molecule has 1 heterocycles. The quantitative estimate of drug-likeness (QED) is 0.684. The van der Waals surface area contributed by atoms with E-state index in [-0.39, 0.29) is 17.2 Å². The smallest absolute Gasteiger partial charge is 0.340 e. The van der Waals surface area contributed by atoms with E-state index >= 15 is 0 Å². The maximum Gasteiger partial charge on any atom is 0.340 e. The summed E-state index contributed by atoms with van der Waals surface area (Å²) in [7, 11) is 1.80. The van der Waals surface area contributed by atoms with Gasteiger partial charge in [-0.15, -0.1) is 10.2 Å². The molecule has 2 N–H and O–H groups in total. The highest BCUT2D eigenvalue weighted by atomic mass is 35.5. The van der Waals surface area contributed by atoms with E-state index in [0.29, 0.717) is 11.5 Å². The van der Waals surface area contributed by atoms with Gasteiger partial charge in [-0.05, 0) is 19.1 Å². The van der Waals surface area contributed by atoms with E-state index in [1.807, 2.05) is 6.92 Å². The number of ether oxygens (including phenoxy) is 1. The number of aromatic nitrogens is 3. The van der Waals surface area contributed by atoms with Crippen LogP contribution in [0, 0.1) is 6.92 Å². The average Bonchev–Trinajstić information content (AvgIpc) is 2.70. The van der Waals surface area contributed by atoms with E-state index in [9.17, 15) is 4.79 Å². The number of nitrogen functional groups attached to an aromatic ring is 1. The molecule has 6 nitrogen and oxygen atoms in total. The second kappa shape index (κ2) is 5.27. The number of nitrogens with zero attached hydrogens (tertiary/aromatic N) is 3. The number of anilines is 1. The topological polar surface area (TPSA) is 83.0 Å². The molecule has 2 rings (SSSR count). The molecular formula is C12H13ClN4O2. The number of hydrogen-bond acceptors (Lipinski definition) is 5. The van der Waals surface area contributed by atoms with E-state index in [1.54, 1.807) is 29.8 Å². The fourth-order valence-corrected chi connectivity index (χ4v) is 1.70. The Labute approximate surface area is 115 Å². The number of rotatable bonds is 3. The van der Waals surface area contributed by atoms with Crippen LogP contribution in [0.15, 0.2) is 18.2 Å². The zero-order valence-electron chi connectivity index (χ0n) is 10.6. The van der Waals surface area contributed by atoms with Crippen LogP contribution in [-0.4, -0.2) is 20.7 Å². The van der Waals surface area contributed by atoms with Crippen molar-refractivity contribution in [1.82, 2.24) is 14.8 Å². The van der Waals surface area contributed by atoms with Crippen molar-refractivity contribution in [2.24, 2.45) is 7.05 Å². The predicted octanol–water partition coefficient (Wildman–Crippen LogP) is 1.72. The maximum atomic E-state index is 11.9. The fraction of sp³-hybridized carbons (Fsp3) is 0.250. The van der Waals surface area contributed by atoms with Crippen molar-refractivity contribution in [3.63, 3.8) is 0 Å². The summed E-state index contributed by atoms with van der Waals surface area (Å²) in [5.41, 5.74) is 6.20. The van der Waals surface area contributed by atoms with E-state index in [1.165, 1.54) is 0 Å². The Morgan fingerprint density at radius 1 is 1.47 bits per heavy atom. The number of hydrogen-bond donors (Lipinski definition) is 1. The Bertz CT molecular complexity index is 624. The van der Waals surface area contributed by atoms with Gasteiger partial charge in [0.1, 0.15) is 5.82 Å². The van der Waals surface area contributed by atoms with Gasteiger partial charge < -0.3 is 15.0 Å². The molecule has 19 heavy (non-hydrogen) atoms. The Balaban J connectivity index is 2.10. The molecule has 0 bridgehead atoms. The summed E-state index contributed by atoms with van der Waals surface area (Å²) >= 11 is 5.95. The highest BCUT2D eigenvalue weighted by Gasteiger charge is 2.15.